The number of hydrogen-bond acceptors (Lipinski definition) is 1. The lowest BCUT2D eigenvalue weighted by atomic mass is 9.62. The first kappa shape index (κ1) is 15.0. The van der Waals surface area contributed by atoms with Crippen LogP contribution in [0.5, 0.6) is 0 Å². The van der Waals surface area contributed by atoms with E-state index < -0.39 is 0 Å². The smallest absolute Gasteiger partial charge is 0.126 e. The molecule has 0 aliphatic heterocycles. The summed E-state index contributed by atoms with van der Waals surface area (Å²) in [7, 11) is 0. The Morgan fingerprint density at radius 3 is 2.48 bits per heavy atom. The van der Waals surface area contributed by atoms with Crippen molar-refractivity contribution < 1.29 is 4.39 Å². The van der Waals surface area contributed by atoms with Crippen molar-refractivity contribution in [3.8, 4) is 0 Å². The summed E-state index contributed by atoms with van der Waals surface area (Å²) in [6, 6.07) is 5.53. The van der Waals surface area contributed by atoms with Gasteiger partial charge < -0.3 is 5.73 Å². The van der Waals surface area contributed by atoms with Crippen LogP contribution in [0.1, 0.15) is 68.9 Å². The molecule has 0 bridgehead atoms. The standard InChI is InChI=1S/C19H28FN/c1-14-13-16(10-11-18(14)20)19(21)12-6-5-9-17(19)15-7-3-2-4-8-15/h10-11,13,15,17H,2-9,12,21H2,1H3. The van der Waals surface area contributed by atoms with Crippen LogP contribution in [-0.2, 0) is 5.54 Å². The van der Waals surface area contributed by atoms with E-state index in [2.05, 4.69) is 0 Å². The summed E-state index contributed by atoms with van der Waals surface area (Å²) in [6.45, 7) is 1.85. The quantitative estimate of drug-likeness (QED) is 0.809. The van der Waals surface area contributed by atoms with Crippen molar-refractivity contribution in [1.29, 1.82) is 0 Å². The highest BCUT2D eigenvalue weighted by atomic mass is 19.1. The second-order valence-electron chi connectivity index (χ2n) is 7.25. The second-order valence-corrected chi connectivity index (χ2v) is 7.25. The molecular weight excluding hydrogens is 261 g/mol. The molecule has 2 aliphatic rings. The first-order chi connectivity index (χ1) is 10.1. The number of aryl methyl sites for hydroxylation is 1. The summed E-state index contributed by atoms with van der Waals surface area (Å²) < 4.78 is 13.6. The molecule has 2 atom stereocenters. The minimum Gasteiger partial charge on any atom is -0.321 e. The van der Waals surface area contributed by atoms with Crippen molar-refractivity contribution >= 4 is 0 Å². The van der Waals surface area contributed by atoms with Gasteiger partial charge >= 0.3 is 0 Å². The molecule has 3 rings (SSSR count). The maximum Gasteiger partial charge on any atom is 0.126 e. The number of rotatable bonds is 2. The average Bonchev–Trinajstić information content (AvgIpc) is 2.51. The molecule has 0 spiro atoms. The van der Waals surface area contributed by atoms with E-state index in [0.29, 0.717) is 5.92 Å². The Bertz CT molecular complexity index is 492. The third-order valence-electron chi connectivity index (χ3n) is 5.93. The van der Waals surface area contributed by atoms with E-state index in [1.807, 2.05) is 19.1 Å². The van der Waals surface area contributed by atoms with Crippen LogP contribution in [-0.4, -0.2) is 0 Å². The van der Waals surface area contributed by atoms with Crippen molar-refractivity contribution in [3.05, 3.63) is 35.1 Å². The van der Waals surface area contributed by atoms with Crippen LogP contribution in [0.15, 0.2) is 18.2 Å². The van der Waals surface area contributed by atoms with Crippen LogP contribution in [0.2, 0.25) is 0 Å². The molecule has 0 amide bonds. The summed E-state index contributed by atoms with van der Waals surface area (Å²) in [5, 5.41) is 0. The van der Waals surface area contributed by atoms with Crippen molar-refractivity contribution in [1.82, 2.24) is 0 Å². The highest BCUT2D eigenvalue weighted by Gasteiger charge is 2.42. The van der Waals surface area contributed by atoms with Gasteiger partial charge in [0.25, 0.3) is 0 Å². The molecule has 2 aliphatic carbocycles. The van der Waals surface area contributed by atoms with E-state index in [-0.39, 0.29) is 11.4 Å². The Morgan fingerprint density at radius 2 is 1.76 bits per heavy atom. The minimum absolute atomic E-state index is 0.118. The number of hydrogen-bond donors (Lipinski definition) is 1. The van der Waals surface area contributed by atoms with Gasteiger partial charge in [-0.2, -0.15) is 0 Å². The molecule has 2 unspecified atom stereocenters. The highest BCUT2D eigenvalue weighted by Crippen LogP contribution is 2.47. The van der Waals surface area contributed by atoms with Gasteiger partial charge in [0.2, 0.25) is 0 Å². The monoisotopic (exact) mass is 289 g/mol. The molecule has 1 aromatic carbocycles. The molecule has 2 saturated carbocycles. The molecule has 2 heteroatoms. The molecule has 0 heterocycles. The Morgan fingerprint density at radius 1 is 1.05 bits per heavy atom. The molecule has 2 N–H and O–H groups in total. The predicted molar refractivity (Wildman–Crippen MR) is 85.5 cm³/mol. The van der Waals surface area contributed by atoms with Crippen LogP contribution in [0.3, 0.4) is 0 Å². The van der Waals surface area contributed by atoms with E-state index in [1.54, 1.807) is 6.07 Å². The average molecular weight is 289 g/mol. The van der Waals surface area contributed by atoms with Crippen molar-refractivity contribution in [2.24, 2.45) is 17.6 Å². The maximum absolute atomic E-state index is 13.6. The number of benzene rings is 1. The van der Waals surface area contributed by atoms with Gasteiger partial charge in [-0.25, -0.2) is 4.39 Å². The normalized spacial score (nSPS) is 31.3. The molecular formula is C19H28FN. The molecule has 0 aromatic heterocycles. The molecule has 116 valence electrons. The van der Waals surface area contributed by atoms with Crippen LogP contribution < -0.4 is 5.73 Å². The Balaban J connectivity index is 1.91. The van der Waals surface area contributed by atoms with Gasteiger partial charge in [0, 0.05) is 5.54 Å². The lowest BCUT2D eigenvalue weighted by molar-refractivity contribution is 0.0985. The van der Waals surface area contributed by atoms with E-state index in [4.69, 9.17) is 5.73 Å². The summed E-state index contributed by atoms with van der Waals surface area (Å²) in [5.74, 6) is 1.23. The van der Waals surface area contributed by atoms with Gasteiger partial charge in [-0.1, -0.05) is 57.1 Å². The van der Waals surface area contributed by atoms with Gasteiger partial charge in [0.05, 0.1) is 0 Å². The third kappa shape index (κ3) is 2.88. The largest absolute Gasteiger partial charge is 0.321 e. The van der Waals surface area contributed by atoms with Gasteiger partial charge in [-0.3, -0.25) is 0 Å². The number of nitrogens with two attached hydrogens (primary N) is 1. The lowest BCUT2D eigenvalue weighted by Crippen LogP contribution is -2.49. The van der Waals surface area contributed by atoms with Crippen LogP contribution in [0.25, 0.3) is 0 Å². The fourth-order valence-electron chi connectivity index (χ4n) is 4.71. The third-order valence-corrected chi connectivity index (χ3v) is 5.93. The zero-order chi connectivity index (χ0) is 14.9. The Hall–Kier alpha value is -0.890. The molecule has 21 heavy (non-hydrogen) atoms. The number of halogens is 1. The highest BCUT2D eigenvalue weighted by molar-refractivity contribution is 5.31. The zero-order valence-corrected chi connectivity index (χ0v) is 13.2. The first-order valence-electron chi connectivity index (χ1n) is 8.67. The lowest BCUT2D eigenvalue weighted by Gasteiger charge is -2.47. The van der Waals surface area contributed by atoms with E-state index >= 15 is 0 Å². The zero-order valence-electron chi connectivity index (χ0n) is 13.2. The van der Waals surface area contributed by atoms with E-state index in [9.17, 15) is 4.39 Å². The van der Waals surface area contributed by atoms with Crippen LogP contribution >= 0.6 is 0 Å². The SMILES string of the molecule is Cc1cc(C2(N)CCCCC2C2CCCCC2)ccc1F. The van der Waals surface area contributed by atoms with Crippen LogP contribution in [0, 0.1) is 24.6 Å². The molecule has 0 radical (unpaired) electrons. The molecule has 1 aromatic rings. The molecule has 1 nitrogen and oxygen atoms in total. The maximum atomic E-state index is 13.6. The summed E-state index contributed by atoms with van der Waals surface area (Å²) in [5.41, 5.74) is 8.61. The fourth-order valence-corrected chi connectivity index (χ4v) is 4.71. The van der Waals surface area contributed by atoms with E-state index in [1.165, 1.54) is 51.4 Å². The van der Waals surface area contributed by atoms with Crippen molar-refractivity contribution in [3.63, 3.8) is 0 Å². The van der Waals surface area contributed by atoms with Gasteiger partial charge in [-0.15, -0.1) is 0 Å². The summed E-state index contributed by atoms with van der Waals surface area (Å²) >= 11 is 0. The Kier molecular flexibility index (Phi) is 4.35. The Labute approximate surface area is 128 Å². The molecule has 2 fully saturated rings. The van der Waals surface area contributed by atoms with Gasteiger partial charge in [-0.05, 0) is 48.8 Å². The van der Waals surface area contributed by atoms with Gasteiger partial charge in [0.15, 0.2) is 0 Å². The van der Waals surface area contributed by atoms with Gasteiger partial charge in [0.1, 0.15) is 5.82 Å². The second kappa shape index (κ2) is 6.08. The first-order valence-corrected chi connectivity index (χ1v) is 8.67. The summed E-state index contributed by atoms with van der Waals surface area (Å²) in [4.78, 5) is 0. The van der Waals surface area contributed by atoms with E-state index in [0.717, 1.165) is 23.5 Å². The molecule has 0 saturated heterocycles. The predicted octanol–water partition coefficient (Wildman–Crippen LogP) is 5.06. The summed E-state index contributed by atoms with van der Waals surface area (Å²) in [6.07, 6.45) is 11.6. The minimum atomic E-state index is -0.237. The topological polar surface area (TPSA) is 26.0 Å². The fraction of sp³-hybridized carbons (Fsp3) is 0.684. The van der Waals surface area contributed by atoms with Crippen molar-refractivity contribution in [2.45, 2.75) is 70.3 Å². The van der Waals surface area contributed by atoms with Crippen molar-refractivity contribution in [2.75, 3.05) is 0 Å². The van der Waals surface area contributed by atoms with Crippen LogP contribution in [0.4, 0.5) is 4.39 Å².